The summed E-state index contributed by atoms with van der Waals surface area (Å²) < 4.78 is 19.8. The minimum Gasteiger partial charge on any atom is -0.497 e. The molecule has 2 aromatic carbocycles. The van der Waals surface area contributed by atoms with E-state index in [4.69, 9.17) is 14.2 Å². The number of hydrogen-bond donors (Lipinski definition) is 1. The summed E-state index contributed by atoms with van der Waals surface area (Å²) in [5.41, 5.74) is 1.66. The van der Waals surface area contributed by atoms with Crippen LogP contribution >= 0.6 is 0 Å². The fraction of sp³-hybridized carbons (Fsp3) is 0.605. The number of benzene rings is 2. The van der Waals surface area contributed by atoms with Gasteiger partial charge in [0, 0.05) is 26.1 Å². The van der Waals surface area contributed by atoms with Crippen molar-refractivity contribution in [1.82, 2.24) is 24.3 Å². The Morgan fingerprint density at radius 2 is 1.52 bits per heavy atom. The molecule has 3 aromatic rings. The van der Waals surface area contributed by atoms with E-state index in [1.165, 1.54) is 4.90 Å². The number of hydrogen-bond acceptors (Lipinski definition) is 9. The summed E-state index contributed by atoms with van der Waals surface area (Å²) in [7, 11) is 3.29. The van der Waals surface area contributed by atoms with Crippen LogP contribution in [0.5, 0.6) is 5.75 Å². The molecule has 0 bridgehead atoms. The Hall–Kier alpha value is -4.65. The topological polar surface area (TPSA) is 141 Å². The summed E-state index contributed by atoms with van der Waals surface area (Å²) >= 11 is 0. The SMILES string of the molecule is COc1ccc(CN2C(=O)CCC(n3c(=O)n(C)c4cc(C5CCN(CC6CCC(NC(=O)OC(C)(C)C)CC6)C(C(=O)OC(C)(C)C)C5)ccc43)C2=O)cc1. The molecule has 3 fully saturated rings. The van der Waals surface area contributed by atoms with Gasteiger partial charge < -0.3 is 19.5 Å². The molecule has 2 aliphatic heterocycles. The Balaban J connectivity index is 1.17. The van der Waals surface area contributed by atoms with Crippen LogP contribution < -0.4 is 15.7 Å². The summed E-state index contributed by atoms with van der Waals surface area (Å²) in [6.45, 7) is 12.8. The monoisotopic (exact) mass is 773 g/mol. The molecule has 0 radical (unpaired) electrons. The Bertz CT molecular complexity index is 1980. The van der Waals surface area contributed by atoms with E-state index in [2.05, 4.69) is 10.2 Å². The molecule has 3 heterocycles. The average molecular weight is 774 g/mol. The highest BCUT2D eigenvalue weighted by Gasteiger charge is 2.40. The normalized spacial score (nSPS) is 23.9. The van der Waals surface area contributed by atoms with Crippen LogP contribution in [0.3, 0.4) is 0 Å². The van der Waals surface area contributed by atoms with Crippen LogP contribution in [0.15, 0.2) is 47.3 Å². The number of methoxy groups -OCH3 is 1. The van der Waals surface area contributed by atoms with E-state index in [-0.39, 0.29) is 55.0 Å². The summed E-state index contributed by atoms with van der Waals surface area (Å²) in [5.74, 6) is 0.243. The van der Waals surface area contributed by atoms with E-state index in [9.17, 15) is 24.0 Å². The molecule has 304 valence electrons. The molecular weight excluding hydrogens is 715 g/mol. The van der Waals surface area contributed by atoms with E-state index < -0.39 is 29.2 Å². The molecule has 3 aliphatic rings. The lowest BCUT2D eigenvalue weighted by Gasteiger charge is -2.42. The first-order valence-corrected chi connectivity index (χ1v) is 20.0. The quantitative estimate of drug-likeness (QED) is 0.199. The van der Waals surface area contributed by atoms with Gasteiger partial charge in [-0.15, -0.1) is 0 Å². The smallest absolute Gasteiger partial charge is 0.407 e. The van der Waals surface area contributed by atoms with Gasteiger partial charge in [-0.2, -0.15) is 0 Å². The fourth-order valence-electron chi connectivity index (χ4n) is 8.52. The highest BCUT2D eigenvalue weighted by atomic mass is 16.6. The van der Waals surface area contributed by atoms with Gasteiger partial charge in [0.1, 0.15) is 29.0 Å². The van der Waals surface area contributed by atoms with Gasteiger partial charge in [-0.25, -0.2) is 9.59 Å². The number of fused-ring (bicyclic) bond motifs is 1. The zero-order valence-corrected chi connectivity index (χ0v) is 34.3. The number of piperidine rings is 2. The molecule has 3 amide bonds. The number of nitrogens with zero attached hydrogens (tertiary/aromatic N) is 4. The maximum Gasteiger partial charge on any atom is 0.407 e. The Morgan fingerprint density at radius 3 is 2.16 bits per heavy atom. The van der Waals surface area contributed by atoms with Crippen molar-refractivity contribution in [2.24, 2.45) is 13.0 Å². The Labute approximate surface area is 329 Å². The number of imide groups is 1. The summed E-state index contributed by atoms with van der Waals surface area (Å²) in [4.78, 5) is 70.4. The number of ether oxygens (including phenoxy) is 3. The van der Waals surface area contributed by atoms with Gasteiger partial charge in [-0.1, -0.05) is 18.2 Å². The maximum atomic E-state index is 13.9. The summed E-state index contributed by atoms with van der Waals surface area (Å²) in [6, 6.07) is 12.0. The van der Waals surface area contributed by atoms with Crippen LogP contribution in [-0.4, -0.2) is 86.3 Å². The van der Waals surface area contributed by atoms with Crippen molar-refractivity contribution >= 4 is 34.9 Å². The molecule has 3 unspecified atom stereocenters. The molecule has 1 aromatic heterocycles. The van der Waals surface area contributed by atoms with Gasteiger partial charge in [0.25, 0.3) is 5.91 Å². The number of esters is 1. The lowest BCUT2D eigenvalue weighted by molar-refractivity contribution is -0.163. The molecule has 3 atom stereocenters. The third-order valence-electron chi connectivity index (χ3n) is 11.3. The Kier molecular flexibility index (Phi) is 12.0. The van der Waals surface area contributed by atoms with Gasteiger partial charge in [-0.05, 0) is 140 Å². The summed E-state index contributed by atoms with van der Waals surface area (Å²) in [6.07, 6.45) is 5.04. The van der Waals surface area contributed by atoms with Crippen molar-refractivity contribution in [3.8, 4) is 5.75 Å². The number of nitrogens with one attached hydrogen (secondary N) is 1. The molecule has 1 N–H and O–H groups in total. The van der Waals surface area contributed by atoms with E-state index in [0.29, 0.717) is 29.1 Å². The number of rotatable bonds is 9. The standard InChI is InChI=1S/C43H59N5O8/c1-42(2,3)55-39(51)36-24-30(21-22-46(36)25-27-9-14-31(15-10-27)44-40(52)56-43(4,5)6)29-13-18-33-35(23-29)45(7)41(53)48(33)34-19-20-37(49)47(38(34)50)26-28-11-16-32(54-8)17-12-28/h11-13,16-18,23,27,30-31,34,36H,9-10,14-15,19-22,24-26H2,1-8H3,(H,44,52). The molecule has 0 spiro atoms. The predicted molar refractivity (Wildman–Crippen MR) is 212 cm³/mol. The van der Waals surface area contributed by atoms with Crippen molar-refractivity contribution in [2.45, 2.75) is 135 Å². The third kappa shape index (κ3) is 9.47. The second-order valence-corrected chi connectivity index (χ2v) is 17.8. The first-order valence-electron chi connectivity index (χ1n) is 20.0. The number of carbonyl (C=O) groups is 4. The molecule has 1 aliphatic carbocycles. The van der Waals surface area contributed by atoms with Gasteiger partial charge in [0.15, 0.2) is 0 Å². The van der Waals surface area contributed by atoms with Gasteiger partial charge in [0.2, 0.25) is 5.91 Å². The van der Waals surface area contributed by atoms with Crippen molar-refractivity contribution in [3.05, 3.63) is 64.1 Å². The van der Waals surface area contributed by atoms with Crippen molar-refractivity contribution in [3.63, 3.8) is 0 Å². The fourth-order valence-corrected chi connectivity index (χ4v) is 8.52. The van der Waals surface area contributed by atoms with E-state index in [1.807, 2.05) is 71.9 Å². The highest BCUT2D eigenvalue weighted by Crippen LogP contribution is 2.37. The second-order valence-electron chi connectivity index (χ2n) is 17.8. The minimum atomic E-state index is -0.809. The van der Waals surface area contributed by atoms with Crippen LogP contribution in [0, 0.1) is 5.92 Å². The van der Waals surface area contributed by atoms with Crippen molar-refractivity contribution < 1.29 is 33.4 Å². The number of alkyl carbamates (subject to hydrolysis) is 1. The van der Waals surface area contributed by atoms with Gasteiger partial charge in [0.05, 0.1) is 24.7 Å². The molecule has 6 rings (SSSR count). The zero-order valence-electron chi connectivity index (χ0n) is 34.3. The Morgan fingerprint density at radius 1 is 0.839 bits per heavy atom. The van der Waals surface area contributed by atoms with Crippen LogP contribution in [0.4, 0.5) is 4.79 Å². The number of aryl methyl sites for hydroxylation is 1. The van der Waals surface area contributed by atoms with Crippen LogP contribution in [0.2, 0.25) is 0 Å². The second kappa shape index (κ2) is 16.4. The molecular formula is C43H59N5O8. The largest absolute Gasteiger partial charge is 0.497 e. The van der Waals surface area contributed by atoms with Gasteiger partial charge in [-0.3, -0.25) is 33.3 Å². The van der Waals surface area contributed by atoms with Crippen LogP contribution in [0.1, 0.15) is 116 Å². The highest BCUT2D eigenvalue weighted by molar-refractivity contribution is 6.00. The van der Waals surface area contributed by atoms with Gasteiger partial charge >= 0.3 is 17.8 Å². The van der Waals surface area contributed by atoms with Crippen LogP contribution in [-0.2, 0) is 37.4 Å². The lowest BCUT2D eigenvalue weighted by atomic mass is 9.82. The molecule has 13 heteroatoms. The summed E-state index contributed by atoms with van der Waals surface area (Å²) in [5, 5.41) is 3.03. The maximum absolute atomic E-state index is 13.9. The number of carbonyl (C=O) groups excluding carboxylic acids is 4. The predicted octanol–water partition coefficient (Wildman–Crippen LogP) is 6.21. The minimum absolute atomic E-state index is 0.0503. The van der Waals surface area contributed by atoms with E-state index >= 15 is 0 Å². The zero-order chi connectivity index (χ0) is 40.5. The number of amides is 3. The number of likely N-dealkylation sites (tertiary alicyclic amines) is 2. The van der Waals surface area contributed by atoms with Crippen LogP contribution in [0.25, 0.3) is 11.0 Å². The van der Waals surface area contributed by atoms with E-state index in [0.717, 1.165) is 56.3 Å². The molecule has 13 nitrogen and oxygen atoms in total. The first kappa shape index (κ1) is 41.0. The average Bonchev–Trinajstić information content (AvgIpc) is 3.38. The first-order chi connectivity index (χ1) is 26.4. The third-order valence-corrected chi connectivity index (χ3v) is 11.3. The molecule has 1 saturated carbocycles. The number of imidazole rings is 1. The number of aromatic nitrogens is 2. The lowest BCUT2D eigenvalue weighted by Crippen LogP contribution is -2.51. The van der Waals surface area contributed by atoms with E-state index in [1.54, 1.807) is 35.4 Å². The van der Waals surface area contributed by atoms with Crippen molar-refractivity contribution in [1.29, 1.82) is 0 Å². The molecule has 56 heavy (non-hydrogen) atoms. The molecule has 2 saturated heterocycles. The van der Waals surface area contributed by atoms with Crippen molar-refractivity contribution in [2.75, 3.05) is 20.2 Å².